The minimum Gasteiger partial charge on any atom is -0.381 e. The smallest absolute Gasteiger partial charge is 0.230 e. The number of ether oxygens (including phenoxy) is 2. The number of hydrogen-bond donors (Lipinski definition) is 1. The van der Waals surface area contributed by atoms with Crippen molar-refractivity contribution in [2.45, 2.75) is 64.3 Å². The van der Waals surface area contributed by atoms with Gasteiger partial charge in [-0.05, 0) is 63.8 Å². The van der Waals surface area contributed by atoms with Crippen LogP contribution in [0.15, 0.2) is 36.5 Å². The third-order valence-corrected chi connectivity index (χ3v) is 7.31. The molecule has 7 heteroatoms. The number of methoxy groups -OCH3 is 1. The molecular weight excluding hydrogens is 416 g/mol. The fourth-order valence-corrected chi connectivity index (χ4v) is 5.32. The van der Waals surface area contributed by atoms with Crippen molar-refractivity contribution in [2.24, 2.45) is 5.92 Å². The fourth-order valence-electron chi connectivity index (χ4n) is 5.32. The third kappa shape index (κ3) is 4.44. The van der Waals surface area contributed by atoms with Gasteiger partial charge >= 0.3 is 0 Å². The first-order valence-electron chi connectivity index (χ1n) is 12.1. The van der Waals surface area contributed by atoms with Crippen LogP contribution in [0.4, 0.5) is 22.9 Å². The normalized spacial score (nSPS) is 27.2. The van der Waals surface area contributed by atoms with Crippen LogP contribution >= 0.6 is 0 Å². The van der Waals surface area contributed by atoms with E-state index in [9.17, 15) is 4.79 Å². The number of benzene rings is 1. The summed E-state index contributed by atoms with van der Waals surface area (Å²) in [5, 5.41) is 3.49. The molecule has 3 aliphatic rings. The Hall–Kier alpha value is -2.64. The first kappa shape index (κ1) is 22.2. The van der Waals surface area contributed by atoms with Gasteiger partial charge in [0.05, 0.1) is 36.7 Å². The van der Waals surface area contributed by atoms with Gasteiger partial charge in [0, 0.05) is 43.1 Å². The summed E-state index contributed by atoms with van der Waals surface area (Å²) in [7, 11) is 1.77. The Labute approximate surface area is 196 Å². The molecule has 0 bridgehead atoms. The van der Waals surface area contributed by atoms with Gasteiger partial charge in [-0.25, -0.2) is 4.98 Å². The molecular formula is C26H34N4O3. The molecule has 1 aromatic carbocycles. The predicted molar refractivity (Wildman–Crippen MR) is 130 cm³/mol. The van der Waals surface area contributed by atoms with E-state index >= 15 is 0 Å². The lowest BCUT2D eigenvalue weighted by Gasteiger charge is -2.39. The van der Waals surface area contributed by atoms with Crippen molar-refractivity contribution in [2.75, 3.05) is 35.4 Å². The molecule has 5 rings (SSSR count). The van der Waals surface area contributed by atoms with Gasteiger partial charge in [-0.1, -0.05) is 6.07 Å². The first-order chi connectivity index (χ1) is 16.0. The molecule has 33 heavy (non-hydrogen) atoms. The lowest BCUT2D eigenvalue weighted by Crippen LogP contribution is -2.47. The van der Waals surface area contributed by atoms with Crippen LogP contribution in [0.1, 0.15) is 45.1 Å². The zero-order valence-corrected chi connectivity index (χ0v) is 19.8. The highest BCUT2D eigenvalue weighted by Gasteiger charge is 2.33. The minimum atomic E-state index is 0.0217. The first-order valence-corrected chi connectivity index (χ1v) is 12.1. The van der Waals surface area contributed by atoms with E-state index in [4.69, 9.17) is 9.47 Å². The summed E-state index contributed by atoms with van der Waals surface area (Å²) in [5.74, 6) is 1.04. The van der Waals surface area contributed by atoms with Crippen molar-refractivity contribution in [3.8, 4) is 0 Å². The molecule has 0 radical (unpaired) electrons. The molecule has 2 aromatic rings. The maximum Gasteiger partial charge on any atom is 0.230 e. The Kier molecular flexibility index (Phi) is 6.25. The topological polar surface area (TPSA) is 66.9 Å². The zero-order chi connectivity index (χ0) is 22.9. The Bertz CT molecular complexity index is 1000. The van der Waals surface area contributed by atoms with E-state index in [2.05, 4.69) is 53.3 Å². The number of rotatable bonds is 3. The highest BCUT2D eigenvalue weighted by Crippen LogP contribution is 2.40. The molecule has 1 aliphatic carbocycles. The van der Waals surface area contributed by atoms with Crippen LogP contribution in [0.3, 0.4) is 0 Å². The monoisotopic (exact) mass is 450 g/mol. The summed E-state index contributed by atoms with van der Waals surface area (Å²) < 4.78 is 11.4. The highest BCUT2D eigenvalue weighted by atomic mass is 16.5. The molecule has 1 amide bonds. The molecule has 2 atom stereocenters. The lowest BCUT2D eigenvalue weighted by molar-refractivity contribution is -0.124. The van der Waals surface area contributed by atoms with Crippen LogP contribution in [-0.4, -0.2) is 49.4 Å². The van der Waals surface area contributed by atoms with Crippen molar-refractivity contribution < 1.29 is 14.3 Å². The van der Waals surface area contributed by atoms with Gasteiger partial charge < -0.3 is 24.6 Å². The molecule has 176 valence electrons. The molecule has 2 aliphatic heterocycles. The largest absolute Gasteiger partial charge is 0.381 e. The summed E-state index contributed by atoms with van der Waals surface area (Å²) in [6, 6.07) is 10.7. The number of fused-ring (bicyclic) bond motifs is 2. The molecule has 1 saturated carbocycles. The molecule has 0 spiro atoms. The third-order valence-electron chi connectivity index (χ3n) is 7.31. The van der Waals surface area contributed by atoms with Gasteiger partial charge in [0.2, 0.25) is 5.91 Å². The van der Waals surface area contributed by atoms with Gasteiger partial charge in [0.15, 0.2) is 0 Å². The van der Waals surface area contributed by atoms with E-state index in [1.165, 1.54) is 0 Å². The lowest BCUT2D eigenvalue weighted by atomic mass is 9.86. The number of pyridine rings is 1. The van der Waals surface area contributed by atoms with Crippen molar-refractivity contribution in [3.63, 3.8) is 0 Å². The van der Waals surface area contributed by atoms with Gasteiger partial charge in [0.25, 0.3) is 0 Å². The van der Waals surface area contributed by atoms with Crippen molar-refractivity contribution in [1.29, 1.82) is 0 Å². The van der Waals surface area contributed by atoms with Crippen molar-refractivity contribution >= 4 is 28.8 Å². The average Bonchev–Trinajstić information content (AvgIpc) is 3.01. The SMILES string of the molecule is COC1CCC(C(=O)N2Cc3cccnc3Nc3ccc(N4C[C@H](C)OC[C@H]4C)cc32)CC1. The fraction of sp³-hybridized carbons (Fsp3) is 0.538. The molecule has 1 N–H and O–H groups in total. The molecule has 2 fully saturated rings. The van der Waals surface area contributed by atoms with Crippen LogP contribution < -0.4 is 15.1 Å². The predicted octanol–water partition coefficient (Wildman–Crippen LogP) is 4.49. The number of nitrogens with one attached hydrogen (secondary N) is 1. The van der Waals surface area contributed by atoms with Crippen molar-refractivity contribution in [1.82, 2.24) is 4.98 Å². The van der Waals surface area contributed by atoms with Gasteiger partial charge in [0.1, 0.15) is 5.82 Å². The van der Waals surface area contributed by atoms with Crippen molar-refractivity contribution in [3.05, 3.63) is 42.1 Å². The van der Waals surface area contributed by atoms with Crippen LogP contribution in [-0.2, 0) is 20.8 Å². The molecule has 1 aromatic heterocycles. The minimum absolute atomic E-state index is 0.0217. The molecule has 0 unspecified atom stereocenters. The Morgan fingerprint density at radius 1 is 1.18 bits per heavy atom. The second-order valence-electron chi connectivity index (χ2n) is 9.62. The average molecular weight is 451 g/mol. The standard InChI is InChI=1S/C26H34N4O3/c1-17-16-33-18(2)14-29(17)21-8-11-23-24(13-21)30(15-20-5-4-12-27-25(20)28-23)26(31)19-6-9-22(32-3)10-7-19/h4-5,8,11-13,17-19,22H,6-7,9-10,14-16H2,1-3H3,(H,27,28)/t17-,18+,19?,22?/m1/s1. The zero-order valence-electron chi connectivity index (χ0n) is 19.8. The number of anilines is 4. The van der Waals surface area contributed by atoms with Gasteiger partial charge in [-0.3, -0.25) is 4.79 Å². The van der Waals surface area contributed by atoms with Crippen LogP contribution in [0.5, 0.6) is 0 Å². The molecule has 1 saturated heterocycles. The summed E-state index contributed by atoms with van der Waals surface area (Å²) >= 11 is 0. The number of hydrogen-bond acceptors (Lipinski definition) is 6. The quantitative estimate of drug-likeness (QED) is 0.743. The highest BCUT2D eigenvalue weighted by molar-refractivity contribution is 6.00. The molecule has 3 heterocycles. The number of nitrogens with zero attached hydrogens (tertiary/aromatic N) is 3. The Balaban J connectivity index is 1.50. The van der Waals surface area contributed by atoms with Gasteiger partial charge in [-0.2, -0.15) is 0 Å². The number of carbonyl (C=O) groups is 1. The van der Waals surface area contributed by atoms with Crippen LogP contribution in [0.2, 0.25) is 0 Å². The van der Waals surface area contributed by atoms with Crippen LogP contribution in [0, 0.1) is 5.92 Å². The number of amides is 1. The van der Waals surface area contributed by atoms with E-state index < -0.39 is 0 Å². The van der Waals surface area contributed by atoms with E-state index in [1.807, 2.05) is 11.0 Å². The van der Waals surface area contributed by atoms with E-state index in [-0.39, 0.29) is 30.1 Å². The second-order valence-corrected chi connectivity index (χ2v) is 9.62. The maximum atomic E-state index is 13.9. The summed E-state index contributed by atoms with van der Waals surface area (Å²) in [5.41, 5.74) is 4.00. The Morgan fingerprint density at radius 3 is 2.79 bits per heavy atom. The maximum absolute atomic E-state index is 13.9. The molecule has 7 nitrogen and oxygen atoms in total. The Morgan fingerprint density at radius 2 is 2.00 bits per heavy atom. The number of aromatic nitrogens is 1. The van der Waals surface area contributed by atoms with E-state index in [1.54, 1.807) is 13.3 Å². The number of carbonyl (C=O) groups excluding carboxylic acids is 1. The number of morpholine rings is 1. The van der Waals surface area contributed by atoms with Crippen LogP contribution in [0.25, 0.3) is 0 Å². The second kappa shape index (κ2) is 9.31. The van der Waals surface area contributed by atoms with E-state index in [0.29, 0.717) is 13.2 Å². The summed E-state index contributed by atoms with van der Waals surface area (Å²) in [4.78, 5) is 22.8. The van der Waals surface area contributed by atoms with E-state index in [0.717, 1.165) is 60.7 Å². The summed E-state index contributed by atoms with van der Waals surface area (Å²) in [6.45, 7) is 6.36. The summed E-state index contributed by atoms with van der Waals surface area (Å²) in [6.07, 6.45) is 5.86. The van der Waals surface area contributed by atoms with Gasteiger partial charge in [-0.15, -0.1) is 0 Å².